The first-order valence-corrected chi connectivity index (χ1v) is 6.93. The van der Waals surface area contributed by atoms with Crippen molar-refractivity contribution in [3.63, 3.8) is 0 Å². The molecule has 0 bridgehead atoms. The van der Waals surface area contributed by atoms with Crippen molar-refractivity contribution in [3.8, 4) is 0 Å². The maximum atomic E-state index is 12.6. The average molecular weight is 365 g/mol. The fourth-order valence-electron chi connectivity index (χ4n) is 2.05. The van der Waals surface area contributed by atoms with Crippen LogP contribution in [0, 0.1) is 0 Å². The highest BCUT2D eigenvalue weighted by Gasteiger charge is 2.33. The van der Waals surface area contributed by atoms with E-state index in [1.807, 2.05) is 0 Å². The van der Waals surface area contributed by atoms with Gasteiger partial charge in [-0.2, -0.15) is 13.2 Å². The number of rotatable bonds is 2. The second kappa shape index (κ2) is 5.67. The minimum atomic E-state index is -4.42. The lowest BCUT2D eigenvalue weighted by atomic mass is 10.0. The summed E-state index contributed by atoms with van der Waals surface area (Å²) in [5, 5.41) is 2.87. The molecule has 0 aromatic heterocycles. The number of amides is 2. The van der Waals surface area contributed by atoms with Gasteiger partial charge in [0.2, 0.25) is 5.91 Å². The average Bonchev–Trinajstić information content (AvgIpc) is 2.40. The number of likely N-dealkylation sites (N-methyl/N-ethyl adjacent to an activating group) is 1. The van der Waals surface area contributed by atoms with Gasteiger partial charge in [0, 0.05) is 23.6 Å². The molecule has 1 N–H and O–H groups in total. The molecule has 1 fully saturated rings. The maximum absolute atomic E-state index is 12.6. The van der Waals surface area contributed by atoms with E-state index >= 15 is 0 Å². The Kier molecular flexibility index (Phi) is 4.27. The van der Waals surface area contributed by atoms with Crippen LogP contribution in [-0.2, 0) is 15.8 Å². The Bertz CT molecular complexity index is 589. The Morgan fingerprint density at radius 2 is 2.00 bits per heavy atom. The zero-order valence-electron chi connectivity index (χ0n) is 11.0. The number of imide groups is 1. The van der Waals surface area contributed by atoms with E-state index in [0.717, 1.165) is 17.0 Å². The van der Waals surface area contributed by atoms with E-state index in [4.69, 9.17) is 0 Å². The minimum absolute atomic E-state index is 0.213. The molecule has 0 radical (unpaired) electrons. The topological polar surface area (TPSA) is 49.4 Å². The summed E-state index contributed by atoms with van der Waals surface area (Å²) in [4.78, 5) is 24.3. The SMILES string of the molecule is CN1C(=O)CCC(Nc2ccc(C(F)(F)F)cc2Br)C1=O. The Hall–Kier alpha value is -1.57. The molecule has 0 spiro atoms. The van der Waals surface area contributed by atoms with Gasteiger partial charge >= 0.3 is 6.18 Å². The zero-order valence-corrected chi connectivity index (χ0v) is 12.6. The summed E-state index contributed by atoms with van der Waals surface area (Å²) in [5.74, 6) is -0.650. The van der Waals surface area contributed by atoms with Crippen LogP contribution in [0.15, 0.2) is 22.7 Å². The highest BCUT2D eigenvalue weighted by Crippen LogP contribution is 2.34. The van der Waals surface area contributed by atoms with Crippen LogP contribution >= 0.6 is 15.9 Å². The fraction of sp³-hybridized carbons (Fsp3) is 0.385. The summed E-state index contributed by atoms with van der Waals surface area (Å²) in [6.07, 6.45) is -3.89. The van der Waals surface area contributed by atoms with E-state index in [2.05, 4.69) is 21.2 Å². The van der Waals surface area contributed by atoms with Crippen molar-refractivity contribution in [1.29, 1.82) is 0 Å². The fourth-order valence-corrected chi connectivity index (χ4v) is 2.54. The van der Waals surface area contributed by atoms with E-state index in [1.165, 1.54) is 13.1 Å². The zero-order chi connectivity index (χ0) is 15.8. The Balaban J connectivity index is 2.17. The Labute approximate surface area is 127 Å². The molecular weight excluding hydrogens is 353 g/mol. The number of hydrogen-bond donors (Lipinski definition) is 1. The molecule has 1 saturated heterocycles. The van der Waals surface area contributed by atoms with Gasteiger partial charge in [0.25, 0.3) is 5.91 Å². The minimum Gasteiger partial charge on any atom is -0.373 e. The molecule has 4 nitrogen and oxygen atoms in total. The predicted molar refractivity (Wildman–Crippen MR) is 73.6 cm³/mol. The van der Waals surface area contributed by atoms with Crippen LogP contribution in [0.2, 0.25) is 0 Å². The van der Waals surface area contributed by atoms with Crippen LogP contribution in [0.5, 0.6) is 0 Å². The van der Waals surface area contributed by atoms with E-state index in [-0.39, 0.29) is 16.8 Å². The van der Waals surface area contributed by atoms with Gasteiger partial charge in [-0.1, -0.05) is 0 Å². The number of alkyl halides is 3. The van der Waals surface area contributed by atoms with Crippen LogP contribution in [0.3, 0.4) is 0 Å². The monoisotopic (exact) mass is 364 g/mol. The smallest absolute Gasteiger partial charge is 0.373 e. The predicted octanol–water partition coefficient (Wildman–Crippen LogP) is 3.03. The van der Waals surface area contributed by atoms with Gasteiger partial charge in [-0.15, -0.1) is 0 Å². The van der Waals surface area contributed by atoms with Crippen molar-refractivity contribution >= 4 is 33.4 Å². The van der Waals surface area contributed by atoms with Gasteiger partial charge in [0.05, 0.1) is 5.56 Å². The molecule has 1 unspecified atom stereocenters. The molecular formula is C13H12BrF3N2O2. The lowest BCUT2D eigenvalue weighted by molar-refractivity contribution is -0.146. The number of nitrogens with zero attached hydrogens (tertiary/aromatic N) is 1. The van der Waals surface area contributed by atoms with Crippen LogP contribution in [-0.4, -0.2) is 29.8 Å². The number of anilines is 1. The highest BCUT2D eigenvalue weighted by atomic mass is 79.9. The third-order valence-electron chi connectivity index (χ3n) is 3.28. The number of nitrogens with one attached hydrogen (secondary N) is 1. The number of carbonyl (C=O) groups excluding carboxylic acids is 2. The molecule has 1 aliphatic rings. The number of benzene rings is 1. The lowest BCUT2D eigenvalue weighted by Crippen LogP contribution is -2.48. The van der Waals surface area contributed by atoms with Crippen molar-refractivity contribution in [2.45, 2.75) is 25.1 Å². The number of likely N-dealkylation sites (tertiary alicyclic amines) is 1. The van der Waals surface area contributed by atoms with E-state index in [9.17, 15) is 22.8 Å². The molecule has 114 valence electrons. The van der Waals surface area contributed by atoms with Crippen LogP contribution < -0.4 is 5.32 Å². The standard InChI is InChI=1S/C13H12BrF3N2O2/c1-19-11(20)5-4-10(12(19)21)18-9-3-2-7(6-8(9)14)13(15,16)17/h2-3,6,10,18H,4-5H2,1H3. The van der Waals surface area contributed by atoms with Crippen LogP contribution in [0.4, 0.5) is 18.9 Å². The molecule has 0 aliphatic carbocycles. The van der Waals surface area contributed by atoms with Gasteiger partial charge in [-0.25, -0.2) is 0 Å². The quantitative estimate of drug-likeness (QED) is 0.820. The second-order valence-corrected chi connectivity index (χ2v) is 5.57. The number of halogens is 4. The Morgan fingerprint density at radius 1 is 1.33 bits per heavy atom. The van der Waals surface area contributed by atoms with Gasteiger partial charge in [-0.3, -0.25) is 14.5 Å². The molecule has 1 aromatic carbocycles. The van der Waals surface area contributed by atoms with Gasteiger partial charge in [0.15, 0.2) is 0 Å². The van der Waals surface area contributed by atoms with Crippen LogP contribution in [0.1, 0.15) is 18.4 Å². The lowest BCUT2D eigenvalue weighted by Gasteiger charge is -2.29. The third kappa shape index (κ3) is 3.37. The van der Waals surface area contributed by atoms with Crippen molar-refractivity contribution in [2.75, 3.05) is 12.4 Å². The molecule has 8 heteroatoms. The number of carbonyl (C=O) groups is 2. The molecule has 1 atom stereocenters. The first kappa shape index (κ1) is 15.8. The first-order chi connectivity index (χ1) is 9.70. The molecule has 2 rings (SSSR count). The molecule has 2 amide bonds. The molecule has 0 saturated carbocycles. The summed E-state index contributed by atoms with van der Waals surface area (Å²) < 4.78 is 37.9. The molecule has 21 heavy (non-hydrogen) atoms. The summed E-state index contributed by atoms with van der Waals surface area (Å²) in [6.45, 7) is 0. The first-order valence-electron chi connectivity index (χ1n) is 6.14. The van der Waals surface area contributed by atoms with Crippen molar-refractivity contribution < 1.29 is 22.8 Å². The largest absolute Gasteiger partial charge is 0.416 e. The molecule has 1 aliphatic heterocycles. The van der Waals surface area contributed by atoms with Crippen molar-refractivity contribution in [1.82, 2.24) is 4.90 Å². The van der Waals surface area contributed by atoms with E-state index in [1.54, 1.807) is 0 Å². The Morgan fingerprint density at radius 3 is 2.57 bits per heavy atom. The summed E-state index contributed by atoms with van der Waals surface area (Å²) in [7, 11) is 1.39. The number of hydrogen-bond acceptors (Lipinski definition) is 3. The normalized spacial score (nSPS) is 19.9. The van der Waals surface area contributed by atoms with E-state index in [0.29, 0.717) is 12.1 Å². The third-order valence-corrected chi connectivity index (χ3v) is 3.93. The second-order valence-electron chi connectivity index (χ2n) is 4.72. The molecule has 1 heterocycles. The molecule has 1 aromatic rings. The highest BCUT2D eigenvalue weighted by molar-refractivity contribution is 9.10. The van der Waals surface area contributed by atoms with Gasteiger partial charge < -0.3 is 5.32 Å². The summed E-state index contributed by atoms with van der Waals surface area (Å²) >= 11 is 3.06. The van der Waals surface area contributed by atoms with Crippen molar-refractivity contribution in [2.24, 2.45) is 0 Å². The number of piperidine rings is 1. The van der Waals surface area contributed by atoms with E-state index < -0.39 is 23.7 Å². The maximum Gasteiger partial charge on any atom is 0.416 e. The van der Waals surface area contributed by atoms with Gasteiger partial charge in [-0.05, 0) is 40.5 Å². The summed E-state index contributed by atoms with van der Waals surface area (Å²) in [6, 6.07) is 2.52. The van der Waals surface area contributed by atoms with Gasteiger partial charge in [0.1, 0.15) is 6.04 Å². The summed E-state index contributed by atoms with van der Waals surface area (Å²) in [5.41, 5.74) is -0.397. The van der Waals surface area contributed by atoms with Crippen molar-refractivity contribution in [3.05, 3.63) is 28.2 Å². The van der Waals surface area contributed by atoms with Crippen LogP contribution in [0.25, 0.3) is 0 Å².